The Labute approximate surface area is 245 Å². The number of aromatic nitrogens is 2. The summed E-state index contributed by atoms with van der Waals surface area (Å²) in [5, 5.41) is 0.893. The van der Waals surface area contributed by atoms with Crippen molar-refractivity contribution in [2.24, 2.45) is 4.99 Å². The van der Waals surface area contributed by atoms with Gasteiger partial charge in [0, 0.05) is 34.8 Å². The van der Waals surface area contributed by atoms with E-state index in [1.165, 1.54) is 30.1 Å². The zero-order valence-corrected chi connectivity index (χ0v) is 24.8. The molecule has 0 saturated carbocycles. The van der Waals surface area contributed by atoms with Crippen LogP contribution in [-0.2, 0) is 30.3 Å². The van der Waals surface area contributed by atoms with Gasteiger partial charge in [0.1, 0.15) is 24.9 Å². The standard InChI is InChI=1S/C31H31N3O7S/c1-18-27(30(37)41-15-14-38-3)28(21-11-7-9-13-24(21)39-4)34-29(36)25(42-31(34)32-18)16-22-19(2)33(17-26(35)40-5)23-12-8-6-10-20(22)23/h6-13,16,28H,14-15,17H2,1-5H3. The number of thiazole rings is 1. The molecule has 1 unspecified atom stereocenters. The van der Waals surface area contributed by atoms with Gasteiger partial charge in [0.25, 0.3) is 5.56 Å². The monoisotopic (exact) mass is 589 g/mol. The van der Waals surface area contributed by atoms with Crippen LogP contribution in [0.5, 0.6) is 5.75 Å². The van der Waals surface area contributed by atoms with Crippen LogP contribution in [0.1, 0.15) is 29.8 Å². The summed E-state index contributed by atoms with van der Waals surface area (Å²) in [6.07, 6.45) is 1.82. The zero-order valence-electron chi connectivity index (χ0n) is 24.0. The molecule has 1 aliphatic rings. The van der Waals surface area contributed by atoms with Gasteiger partial charge in [-0.15, -0.1) is 0 Å². The van der Waals surface area contributed by atoms with Crippen LogP contribution in [0.25, 0.3) is 17.0 Å². The molecule has 1 atom stereocenters. The van der Waals surface area contributed by atoms with Crippen molar-refractivity contribution in [3.8, 4) is 5.75 Å². The largest absolute Gasteiger partial charge is 0.496 e. The van der Waals surface area contributed by atoms with Gasteiger partial charge in [-0.2, -0.15) is 0 Å². The third-order valence-corrected chi connectivity index (χ3v) is 8.25. The highest BCUT2D eigenvalue weighted by atomic mass is 32.1. The van der Waals surface area contributed by atoms with Crippen molar-refractivity contribution < 1.29 is 28.5 Å². The van der Waals surface area contributed by atoms with Crippen LogP contribution >= 0.6 is 11.3 Å². The van der Waals surface area contributed by atoms with E-state index in [0.717, 1.165) is 22.2 Å². The second kappa shape index (κ2) is 12.2. The third kappa shape index (κ3) is 5.17. The van der Waals surface area contributed by atoms with Crippen LogP contribution in [0.3, 0.4) is 0 Å². The van der Waals surface area contributed by atoms with Crippen molar-refractivity contribution in [3.63, 3.8) is 0 Å². The molecule has 0 saturated heterocycles. The highest BCUT2D eigenvalue weighted by molar-refractivity contribution is 7.07. The third-order valence-electron chi connectivity index (χ3n) is 7.27. The quantitative estimate of drug-likeness (QED) is 0.218. The normalized spacial score (nSPS) is 15.0. The lowest BCUT2D eigenvalue weighted by Gasteiger charge is -2.26. The first-order valence-corrected chi connectivity index (χ1v) is 14.1. The van der Waals surface area contributed by atoms with E-state index >= 15 is 0 Å². The molecule has 0 fully saturated rings. The Hall–Kier alpha value is -4.48. The van der Waals surface area contributed by atoms with Crippen LogP contribution in [0.15, 0.2) is 69.6 Å². The summed E-state index contributed by atoms with van der Waals surface area (Å²) in [4.78, 5) is 44.9. The molecule has 2 aromatic carbocycles. The topological polar surface area (TPSA) is 110 Å². The Bertz CT molecular complexity index is 1900. The average Bonchev–Trinajstić information content (AvgIpc) is 3.44. The summed E-state index contributed by atoms with van der Waals surface area (Å²) < 4.78 is 24.9. The molecule has 2 aromatic heterocycles. The number of para-hydroxylation sites is 2. The Balaban J connectivity index is 1.73. The molecule has 3 heterocycles. The van der Waals surface area contributed by atoms with Gasteiger partial charge < -0.3 is 23.5 Å². The minimum Gasteiger partial charge on any atom is -0.496 e. The van der Waals surface area contributed by atoms with Gasteiger partial charge in [-0.25, -0.2) is 9.79 Å². The lowest BCUT2D eigenvalue weighted by atomic mass is 9.95. The second-order valence-corrected chi connectivity index (χ2v) is 10.6. The fourth-order valence-corrected chi connectivity index (χ4v) is 6.26. The number of carbonyl (C=O) groups is 2. The van der Waals surface area contributed by atoms with Crippen LogP contribution in [0.4, 0.5) is 0 Å². The minimum atomic E-state index is -0.823. The lowest BCUT2D eigenvalue weighted by Crippen LogP contribution is -2.40. The summed E-state index contributed by atoms with van der Waals surface area (Å²) in [5.74, 6) is -0.433. The van der Waals surface area contributed by atoms with E-state index in [1.807, 2.05) is 60.0 Å². The first-order valence-electron chi connectivity index (χ1n) is 13.3. The van der Waals surface area contributed by atoms with E-state index in [1.54, 1.807) is 20.1 Å². The van der Waals surface area contributed by atoms with Gasteiger partial charge in [-0.1, -0.05) is 47.7 Å². The molecule has 0 N–H and O–H groups in total. The fourth-order valence-electron chi connectivity index (χ4n) is 5.23. The average molecular weight is 590 g/mol. The number of esters is 2. The van der Waals surface area contributed by atoms with Crippen LogP contribution < -0.4 is 19.6 Å². The van der Waals surface area contributed by atoms with Crippen molar-refractivity contribution in [1.82, 2.24) is 9.13 Å². The predicted molar refractivity (Wildman–Crippen MR) is 158 cm³/mol. The van der Waals surface area contributed by atoms with Crippen molar-refractivity contribution in [3.05, 3.63) is 96.3 Å². The Morgan fingerprint density at radius 1 is 1.02 bits per heavy atom. The van der Waals surface area contributed by atoms with Crippen LogP contribution in [0, 0.1) is 6.92 Å². The van der Waals surface area contributed by atoms with E-state index < -0.39 is 12.0 Å². The predicted octanol–water partition coefficient (Wildman–Crippen LogP) is 2.87. The van der Waals surface area contributed by atoms with Gasteiger partial charge >= 0.3 is 11.9 Å². The molecule has 11 heteroatoms. The number of fused-ring (bicyclic) bond motifs is 2. The molecule has 1 aliphatic heterocycles. The van der Waals surface area contributed by atoms with Crippen molar-refractivity contribution in [1.29, 1.82) is 0 Å². The molecule has 10 nitrogen and oxygen atoms in total. The number of hydrogen-bond acceptors (Lipinski definition) is 9. The summed E-state index contributed by atoms with van der Waals surface area (Å²) in [7, 11) is 4.42. The maximum absolute atomic E-state index is 14.2. The van der Waals surface area contributed by atoms with E-state index in [2.05, 4.69) is 4.99 Å². The fraction of sp³-hybridized carbons (Fsp3) is 0.290. The number of nitrogens with zero attached hydrogens (tertiary/aromatic N) is 3. The first-order chi connectivity index (χ1) is 20.3. The molecule has 218 valence electrons. The molecule has 0 aliphatic carbocycles. The number of hydrogen-bond donors (Lipinski definition) is 0. The summed E-state index contributed by atoms with van der Waals surface area (Å²) in [6, 6.07) is 14.1. The number of benzene rings is 2. The Morgan fingerprint density at radius 3 is 2.50 bits per heavy atom. The maximum Gasteiger partial charge on any atom is 0.338 e. The van der Waals surface area contributed by atoms with Crippen molar-refractivity contribution >= 4 is 40.3 Å². The smallest absolute Gasteiger partial charge is 0.338 e. The van der Waals surface area contributed by atoms with Gasteiger partial charge in [0.05, 0.1) is 36.6 Å². The number of ether oxygens (including phenoxy) is 4. The summed E-state index contributed by atoms with van der Waals surface area (Å²) in [5.41, 5.74) is 3.49. The van der Waals surface area contributed by atoms with Gasteiger partial charge in [-0.05, 0) is 32.1 Å². The highest BCUT2D eigenvalue weighted by Gasteiger charge is 2.35. The van der Waals surface area contributed by atoms with Crippen molar-refractivity contribution in [2.45, 2.75) is 26.4 Å². The molecule has 4 aromatic rings. The highest BCUT2D eigenvalue weighted by Crippen LogP contribution is 2.35. The number of methoxy groups -OCH3 is 3. The van der Waals surface area contributed by atoms with Crippen LogP contribution in [0.2, 0.25) is 0 Å². The minimum absolute atomic E-state index is 0.0411. The number of rotatable bonds is 9. The van der Waals surface area contributed by atoms with E-state index in [0.29, 0.717) is 26.3 Å². The molecule has 42 heavy (non-hydrogen) atoms. The Kier molecular flexibility index (Phi) is 8.41. The molecule has 0 radical (unpaired) electrons. The SMILES string of the molecule is COCCOC(=O)C1=C(C)N=c2sc(=Cc3c(C)n(CC(=O)OC)c4ccccc34)c(=O)n2C1c1ccccc1OC. The number of allylic oxidation sites excluding steroid dienone is 1. The van der Waals surface area contributed by atoms with E-state index in [9.17, 15) is 14.4 Å². The molecule has 0 spiro atoms. The Morgan fingerprint density at radius 2 is 1.76 bits per heavy atom. The summed E-state index contributed by atoms with van der Waals surface area (Å²) >= 11 is 1.23. The maximum atomic E-state index is 14.2. The van der Waals surface area contributed by atoms with Crippen molar-refractivity contribution in [2.75, 3.05) is 34.5 Å². The molecule has 0 bridgehead atoms. The summed E-state index contributed by atoms with van der Waals surface area (Å²) in [6.45, 7) is 3.97. The zero-order chi connectivity index (χ0) is 30.0. The number of carbonyl (C=O) groups excluding carboxylic acids is 2. The molecular weight excluding hydrogens is 558 g/mol. The first kappa shape index (κ1) is 29.0. The second-order valence-electron chi connectivity index (χ2n) is 9.63. The van der Waals surface area contributed by atoms with Gasteiger partial charge in [-0.3, -0.25) is 14.2 Å². The molecule has 5 rings (SSSR count). The van der Waals surface area contributed by atoms with Gasteiger partial charge in [0.15, 0.2) is 4.80 Å². The van der Waals surface area contributed by atoms with E-state index in [-0.39, 0.29) is 36.9 Å². The van der Waals surface area contributed by atoms with Crippen LogP contribution in [-0.4, -0.2) is 55.6 Å². The van der Waals surface area contributed by atoms with E-state index in [4.69, 9.17) is 18.9 Å². The molecule has 0 amide bonds. The molecular formula is C31H31N3O7S. The lowest BCUT2D eigenvalue weighted by molar-refractivity contribution is -0.141. The van der Waals surface area contributed by atoms with Gasteiger partial charge in [0.2, 0.25) is 0 Å².